The number of halogens is 1. The normalized spacial score (nSPS) is 18.6. The molecule has 1 amide bonds. The lowest BCUT2D eigenvalue weighted by molar-refractivity contribution is -0.116. The van der Waals surface area contributed by atoms with E-state index in [9.17, 15) is 4.79 Å². The fraction of sp³-hybridized carbons (Fsp3) is 0.500. The third-order valence-electron chi connectivity index (χ3n) is 3.78. The summed E-state index contributed by atoms with van der Waals surface area (Å²) in [6, 6.07) is 3.82. The number of carbonyl (C=O) groups is 1. The van der Waals surface area contributed by atoms with Crippen LogP contribution in [0.4, 0.5) is 11.4 Å². The molecule has 2 unspecified atom stereocenters. The molecule has 0 radical (unpaired) electrons. The van der Waals surface area contributed by atoms with Crippen LogP contribution >= 0.6 is 27.7 Å². The molecule has 1 aromatic rings. The third kappa shape index (κ3) is 2.97. The van der Waals surface area contributed by atoms with Crippen molar-refractivity contribution in [2.24, 2.45) is 5.73 Å². The van der Waals surface area contributed by atoms with Crippen molar-refractivity contribution in [1.29, 1.82) is 0 Å². The molecular formula is C14H20BrN3OS. The maximum atomic E-state index is 11.6. The molecule has 0 aromatic heterocycles. The molecule has 4 nitrogen and oxygen atoms in total. The predicted octanol–water partition coefficient (Wildman–Crippen LogP) is 2.98. The monoisotopic (exact) mass is 357 g/mol. The molecule has 0 aliphatic carbocycles. The molecule has 3 N–H and O–H groups in total. The van der Waals surface area contributed by atoms with Gasteiger partial charge < -0.3 is 16.0 Å². The van der Waals surface area contributed by atoms with Gasteiger partial charge in [0.05, 0.1) is 5.69 Å². The molecule has 6 heteroatoms. The van der Waals surface area contributed by atoms with E-state index in [2.05, 4.69) is 46.4 Å². The number of anilines is 2. The summed E-state index contributed by atoms with van der Waals surface area (Å²) in [7, 11) is 2.08. The van der Waals surface area contributed by atoms with E-state index in [0.717, 1.165) is 33.6 Å². The minimum absolute atomic E-state index is 0.137. The van der Waals surface area contributed by atoms with Crippen molar-refractivity contribution in [2.45, 2.75) is 25.4 Å². The van der Waals surface area contributed by atoms with Crippen molar-refractivity contribution in [2.75, 3.05) is 29.3 Å². The van der Waals surface area contributed by atoms with E-state index >= 15 is 0 Å². The van der Waals surface area contributed by atoms with Crippen LogP contribution in [-0.2, 0) is 4.79 Å². The average molecular weight is 358 g/mol. The number of hydrogen-bond donors (Lipinski definition) is 2. The zero-order valence-corrected chi connectivity index (χ0v) is 14.3. The lowest BCUT2D eigenvalue weighted by Crippen LogP contribution is -2.29. The van der Waals surface area contributed by atoms with Gasteiger partial charge in [-0.2, -0.15) is 11.8 Å². The van der Waals surface area contributed by atoms with Gasteiger partial charge in [0.15, 0.2) is 0 Å². The number of fused-ring (bicyclic) bond motifs is 1. The van der Waals surface area contributed by atoms with Gasteiger partial charge in [-0.05, 0) is 53.4 Å². The fourth-order valence-corrected chi connectivity index (χ4v) is 3.50. The van der Waals surface area contributed by atoms with Crippen LogP contribution in [0.1, 0.15) is 24.9 Å². The van der Waals surface area contributed by atoms with E-state index < -0.39 is 6.04 Å². The Bertz CT molecular complexity index is 523. The molecule has 110 valence electrons. The number of amides is 1. The van der Waals surface area contributed by atoms with Crippen LogP contribution in [0.3, 0.4) is 0 Å². The van der Waals surface area contributed by atoms with Gasteiger partial charge in [-0.15, -0.1) is 0 Å². The molecule has 0 saturated carbocycles. The van der Waals surface area contributed by atoms with Crippen LogP contribution in [0.5, 0.6) is 0 Å². The first-order valence-electron chi connectivity index (χ1n) is 6.57. The molecule has 20 heavy (non-hydrogen) atoms. The van der Waals surface area contributed by atoms with E-state index in [4.69, 9.17) is 5.73 Å². The number of benzene rings is 1. The van der Waals surface area contributed by atoms with Gasteiger partial charge in [-0.1, -0.05) is 0 Å². The van der Waals surface area contributed by atoms with Crippen LogP contribution in [-0.4, -0.2) is 31.0 Å². The van der Waals surface area contributed by atoms with Gasteiger partial charge in [-0.3, -0.25) is 4.79 Å². The number of nitrogens with one attached hydrogen (secondary N) is 1. The van der Waals surface area contributed by atoms with Crippen LogP contribution < -0.4 is 16.0 Å². The Morgan fingerprint density at radius 3 is 2.90 bits per heavy atom. The lowest BCUT2D eigenvalue weighted by atomic mass is 10.1. The second-order valence-corrected chi connectivity index (χ2v) is 6.94. The van der Waals surface area contributed by atoms with Crippen LogP contribution in [0.15, 0.2) is 16.6 Å². The molecule has 0 saturated heterocycles. The van der Waals surface area contributed by atoms with Crippen molar-refractivity contribution in [1.82, 2.24) is 0 Å². The van der Waals surface area contributed by atoms with Crippen molar-refractivity contribution in [3.8, 4) is 0 Å². The highest BCUT2D eigenvalue weighted by Gasteiger charge is 2.29. The standard InChI is InChI=1S/C14H20BrN3OS/c1-8(4-5-20-3)18(2)12-7-11-9(6-10(12)15)13(16)14(19)17-11/h6-8,13H,4-5,16H2,1-3H3,(H,17,19). The zero-order valence-electron chi connectivity index (χ0n) is 11.9. The van der Waals surface area contributed by atoms with Crippen molar-refractivity contribution in [3.63, 3.8) is 0 Å². The minimum Gasteiger partial charge on any atom is -0.371 e. The van der Waals surface area contributed by atoms with Crippen LogP contribution in [0.25, 0.3) is 0 Å². The van der Waals surface area contributed by atoms with Crippen molar-refractivity contribution in [3.05, 3.63) is 22.2 Å². The molecule has 2 rings (SSSR count). The Labute approximate surface area is 132 Å². The first kappa shape index (κ1) is 15.7. The topological polar surface area (TPSA) is 58.4 Å². The Morgan fingerprint density at radius 1 is 1.55 bits per heavy atom. The Balaban J connectivity index is 2.26. The maximum absolute atomic E-state index is 11.6. The van der Waals surface area contributed by atoms with E-state index in [1.807, 2.05) is 23.9 Å². The lowest BCUT2D eigenvalue weighted by Gasteiger charge is -2.28. The zero-order chi connectivity index (χ0) is 14.9. The Hall–Kier alpha value is -0.720. The highest BCUT2D eigenvalue weighted by Crippen LogP contribution is 2.38. The summed E-state index contributed by atoms with van der Waals surface area (Å²) in [5, 5.41) is 2.84. The molecule has 1 aliphatic rings. The van der Waals surface area contributed by atoms with Crippen LogP contribution in [0.2, 0.25) is 0 Å². The van der Waals surface area contributed by atoms with Gasteiger partial charge in [0.2, 0.25) is 5.91 Å². The second-order valence-electron chi connectivity index (χ2n) is 5.10. The predicted molar refractivity (Wildman–Crippen MR) is 90.6 cm³/mol. The third-order valence-corrected chi connectivity index (χ3v) is 5.05. The summed E-state index contributed by atoms with van der Waals surface area (Å²) in [5.41, 5.74) is 8.62. The van der Waals surface area contributed by atoms with Gasteiger partial charge >= 0.3 is 0 Å². The van der Waals surface area contributed by atoms with Gasteiger partial charge in [0.25, 0.3) is 0 Å². The number of nitrogens with zero attached hydrogens (tertiary/aromatic N) is 1. The number of rotatable bonds is 5. The average Bonchev–Trinajstić information content (AvgIpc) is 2.70. The van der Waals surface area contributed by atoms with Crippen molar-refractivity contribution >= 4 is 45.0 Å². The molecule has 1 heterocycles. The van der Waals surface area contributed by atoms with Gasteiger partial charge in [0.1, 0.15) is 6.04 Å². The SMILES string of the molecule is CSCCC(C)N(C)c1cc2c(cc1Br)C(N)C(=O)N2. The summed E-state index contributed by atoms with van der Waals surface area (Å²) < 4.78 is 0.974. The van der Waals surface area contributed by atoms with Gasteiger partial charge in [-0.25, -0.2) is 0 Å². The fourth-order valence-electron chi connectivity index (χ4n) is 2.28. The number of nitrogens with two attached hydrogens (primary N) is 1. The quantitative estimate of drug-likeness (QED) is 0.850. The van der Waals surface area contributed by atoms with E-state index in [1.165, 1.54) is 0 Å². The number of thioether (sulfide) groups is 1. The minimum atomic E-state index is -0.561. The first-order chi connectivity index (χ1) is 9.45. The van der Waals surface area contributed by atoms with Gasteiger partial charge in [0, 0.05) is 28.8 Å². The highest BCUT2D eigenvalue weighted by atomic mass is 79.9. The second kappa shape index (κ2) is 6.37. The van der Waals surface area contributed by atoms with E-state index in [-0.39, 0.29) is 5.91 Å². The summed E-state index contributed by atoms with van der Waals surface area (Å²) in [6.07, 6.45) is 3.24. The van der Waals surface area contributed by atoms with E-state index in [0.29, 0.717) is 6.04 Å². The largest absolute Gasteiger partial charge is 0.371 e. The summed E-state index contributed by atoms with van der Waals surface area (Å²) in [5.74, 6) is 0.998. The molecule has 1 aliphatic heterocycles. The molecule has 2 atom stereocenters. The van der Waals surface area contributed by atoms with Crippen molar-refractivity contribution < 1.29 is 4.79 Å². The molecular weight excluding hydrogens is 338 g/mol. The smallest absolute Gasteiger partial charge is 0.245 e. The van der Waals surface area contributed by atoms with E-state index in [1.54, 1.807) is 0 Å². The molecule has 0 spiro atoms. The summed E-state index contributed by atoms with van der Waals surface area (Å²) in [4.78, 5) is 13.9. The number of hydrogen-bond acceptors (Lipinski definition) is 4. The highest BCUT2D eigenvalue weighted by molar-refractivity contribution is 9.10. The van der Waals surface area contributed by atoms with Crippen LogP contribution in [0, 0.1) is 0 Å². The maximum Gasteiger partial charge on any atom is 0.245 e. The molecule has 1 aromatic carbocycles. The summed E-state index contributed by atoms with van der Waals surface area (Å²) >= 11 is 5.45. The Morgan fingerprint density at radius 2 is 2.25 bits per heavy atom. The summed E-state index contributed by atoms with van der Waals surface area (Å²) in [6.45, 7) is 2.21. The Kier molecular flexibility index (Phi) is 4.99. The molecule has 0 fully saturated rings. The molecule has 0 bridgehead atoms. The first-order valence-corrected chi connectivity index (χ1v) is 8.76. The number of carbonyl (C=O) groups excluding carboxylic acids is 1.